The van der Waals surface area contributed by atoms with Gasteiger partial charge in [0.2, 0.25) is 5.91 Å². The number of nitrogens with zero attached hydrogens (tertiary/aromatic N) is 1. The average Bonchev–Trinajstić information content (AvgIpc) is 2.85. The first kappa shape index (κ1) is 12.7. The molecule has 0 aromatic rings. The van der Waals surface area contributed by atoms with Gasteiger partial charge in [-0.15, -0.1) is 0 Å². The van der Waals surface area contributed by atoms with Crippen molar-refractivity contribution in [3.63, 3.8) is 0 Å². The van der Waals surface area contributed by atoms with E-state index in [0.717, 1.165) is 37.0 Å². The average molecular weight is 277 g/mol. The number of aliphatic carboxylic acids is 1. The lowest BCUT2D eigenvalue weighted by Crippen LogP contribution is -2.54. The number of likely N-dealkylation sites (tertiary alicyclic amines) is 1. The largest absolute Gasteiger partial charge is 0.481 e. The summed E-state index contributed by atoms with van der Waals surface area (Å²) in [7, 11) is 0. The fourth-order valence-corrected chi connectivity index (χ4v) is 5.85. The third kappa shape index (κ3) is 1.80. The fourth-order valence-electron chi connectivity index (χ4n) is 5.85. The molecule has 110 valence electrons. The molecule has 1 heterocycles. The third-order valence-electron chi connectivity index (χ3n) is 6.32. The van der Waals surface area contributed by atoms with Crippen molar-refractivity contribution in [1.29, 1.82) is 0 Å². The van der Waals surface area contributed by atoms with E-state index in [2.05, 4.69) is 0 Å². The Morgan fingerprint density at radius 3 is 2.00 bits per heavy atom. The predicted molar refractivity (Wildman–Crippen MR) is 72.9 cm³/mol. The molecule has 0 radical (unpaired) electrons. The molecule has 0 aromatic heterocycles. The Bertz CT molecular complexity index is 423. The zero-order valence-corrected chi connectivity index (χ0v) is 11.9. The molecule has 5 fully saturated rings. The molecule has 4 saturated carbocycles. The van der Waals surface area contributed by atoms with Crippen LogP contribution in [0.2, 0.25) is 0 Å². The Hall–Kier alpha value is -1.06. The molecule has 4 heteroatoms. The van der Waals surface area contributed by atoms with Crippen LogP contribution in [0, 0.1) is 29.1 Å². The summed E-state index contributed by atoms with van der Waals surface area (Å²) in [6.07, 6.45) is 7.87. The van der Waals surface area contributed by atoms with Crippen LogP contribution in [0.5, 0.6) is 0 Å². The van der Waals surface area contributed by atoms with Gasteiger partial charge >= 0.3 is 5.97 Å². The van der Waals surface area contributed by atoms with Crippen LogP contribution in [0.1, 0.15) is 44.9 Å². The van der Waals surface area contributed by atoms with E-state index in [4.69, 9.17) is 5.11 Å². The molecule has 20 heavy (non-hydrogen) atoms. The number of carboxylic acids is 1. The monoisotopic (exact) mass is 277 g/mol. The van der Waals surface area contributed by atoms with E-state index in [-0.39, 0.29) is 11.3 Å². The molecule has 4 aliphatic carbocycles. The number of carboxylic acid groups (broad SMARTS) is 1. The van der Waals surface area contributed by atoms with Gasteiger partial charge < -0.3 is 10.0 Å². The van der Waals surface area contributed by atoms with E-state index in [1.807, 2.05) is 4.90 Å². The molecule has 1 amide bonds. The molecular weight excluding hydrogens is 254 g/mol. The number of hydrogen-bond acceptors (Lipinski definition) is 2. The van der Waals surface area contributed by atoms with Crippen molar-refractivity contribution < 1.29 is 14.7 Å². The molecule has 0 aromatic carbocycles. The Morgan fingerprint density at radius 2 is 1.55 bits per heavy atom. The number of carbonyl (C=O) groups excluding carboxylic acids is 1. The summed E-state index contributed by atoms with van der Waals surface area (Å²) in [6.45, 7) is 1.09. The highest BCUT2D eigenvalue weighted by Crippen LogP contribution is 2.60. The highest BCUT2D eigenvalue weighted by Gasteiger charge is 2.56. The minimum absolute atomic E-state index is 0.109. The van der Waals surface area contributed by atoms with Crippen molar-refractivity contribution in [2.24, 2.45) is 29.1 Å². The Labute approximate surface area is 119 Å². The van der Waals surface area contributed by atoms with Gasteiger partial charge in [-0.1, -0.05) is 0 Å². The minimum Gasteiger partial charge on any atom is -0.481 e. The lowest BCUT2D eigenvalue weighted by molar-refractivity contribution is -0.157. The molecular formula is C16H23NO3. The Kier molecular flexibility index (Phi) is 2.67. The third-order valence-corrected chi connectivity index (χ3v) is 6.32. The van der Waals surface area contributed by atoms with Gasteiger partial charge in [0.15, 0.2) is 0 Å². The van der Waals surface area contributed by atoms with E-state index in [9.17, 15) is 9.59 Å². The van der Waals surface area contributed by atoms with E-state index in [1.165, 1.54) is 19.3 Å². The van der Waals surface area contributed by atoms with Gasteiger partial charge in [-0.3, -0.25) is 9.59 Å². The fraction of sp³-hybridized carbons (Fsp3) is 0.875. The quantitative estimate of drug-likeness (QED) is 0.841. The van der Waals surface area contributed by atoms with Crippen molar-refractivity contribution in [2.45, 2.75) is 44.9 Å². The molecule has 4 nitrogen and oxygen atoms in total. The number of rotatable bonds is 2. The second-order valence-electron chi connectivity index (χ2n) is 7.77. The van der Waals surface area contributed by atoms with Crippen LogP contribution in [-0.4, -0.2) is 35.0 Å². The zero-order chi connectivity index (χ0) is 13.9. The van der Waals surface area contributed by atoms with Gasteiger partial charge in [0, 0.05) is 13.1 Å². The molecule has 1 aliphatic heterocycles. The van der Waals surface area contributed by atoms with E-state index >= 15 is 0 Å². The van der Waals surface area contributed by atoms with Crippen molar-refractivity contribution in [1.82, 2.24) is 4.90 Å². The van der Waals surface area contributed by atoms with Crippen molar-refractivity contribution in [3.8, 4) is 0 Å². The molecule has 5 rings (SSSR count). The number of hydrogen-bond donors (Lipinski definition) is 1. The van der Waals surface area contributed by atoms with Crippen LogP contribution in [0.4, 0.5) is 0 Å². The lowest BCUT2D eigenvalue weighted by atomic mass is 9.49. The summed E-state index contributed by atoms with van der Waals surface area (Å²) < 4.78 is 0. The maximum atomic E-state index is 13.0. The van der Waals surface area contributed by atoms with Crippen LogP contribution >= 0.6 is 0 Å². The first-order valence-corrected chi connectivity index (χ1v) is 8.08. The number of amides is 1. The van der Waals surface area contributed by atoms with Crippen LogP contribution in [0.15, 0.2) is 0 Å². The minimum atomic E-state index is -0.745. The van der Waals surface area contributed by atoms with Crippen molar-refractivity contribution in [2.75, 3.05) is 13.1 Å². The topological polar surface area (TPSA) is 57.6 Å². The second-order valence-corrected chi connectivity index (χ2v) is 7.77. The highest BCUT2D eigenvalue weighted by atomic mass is 16.4. The predicted octanol–water partition coefficient (Wildman–Crippen LogP) is 2.14. The maximum Gasteiger partial charge on any atom is 0.308 e. The summed E-state index contributed by atoms with van der Waals surface area (Å²) >= 11 is 0. The van der Waals surface area contributed by atoms with Crippen molar-refractivity contribution >= 4 is 11.9 Å². The second kappa shape index (κ2) is 4.22. The summed E-state index contributed by atoms with van der Waals surface area (Å²) in [6, 6.07) is 0. The van der Waals surface area contributed by atoms with Gasteiger partial charge in [-0.25, -0.2) is 0 Å². The van der Waals surface area contributed by atoms with Gasteiger partial charge in [0.25, 0.3) is 0 Å². The van der Waals surface area contributed by atoms with Gasteiger partial charge in [0.1, 0.15) is 0 Å². The van der Waals surface area contributed by atoms with Crippen LogP contribution in [-0.2, 0) is 9.59 Å². The van der Waals surface area contributed by atoms with Gasteiger partial charge in [-0.05, 0) is 62.7 Å². The zero-order valence-electron chi connectivity index (χ0n) is 11.9. The number of carbonyl (C=O) groups is 2. The molecule has 4 bridgehead atoms. The maximum absolute atomic E-state index is 13.0. The van der Waals surface area contributed by atoms with E-state index in [1.54, 1.807) is 0 Å². The first-order chi connectivity index (χ1) is 9.56. The van der Waals surface area contributed by atoms with Gasteiger partial charge in [0.05, 0.1) is 11.3 Å². The lowest BCUT2D eigenvalue weighted by Gasteiger charge is -2.56. The Balaban J connectivity index is 1.53. The van der Waals surface area contributed by atoms with Crippen LogP contribution in [0.25, 0.3) is 0 Å². The molecule has 1 unspecified atom stereocenters. The molecule has 0 spiro atoms. The standard InChI is InChI=1S/C16H23NO3/c18-14(19)13-1-2-17(9-13)15(20)16-6-10-3-11(7-16)5-12(4-10)8-16/h10-13H,1-9H2,(H,18,19). The van der Waals surface area contributed by atoms with Gasteiger partial charge in [-0.2, -0.15) is 0 Å². The smallest absolute Gasteiger partial charge is 0.308 e. The summed E-state index contributed by atoms with van der Waals surface area (Å²) in [5.41, 5.74) is -0.109. The molecule has 1 N–H and O–H groups in total. The highest BCUT2D eigenvalue weighted by molar-refractivity contribution is 5.84. The molecule has 1 saturated heterocycles. The summed E-state index contributed by atoms with van der Waals surface area (Å²) in [5.74, 6) is 1.51. The SMILES string of the molecule is O=C(O)C1CCN(C(=O)C23CC4CC(CC(C4)C2)C3)C1. The summed E-state index contributed by atoms with van der Waals surface area (Å²) in [5, 5.41) is 9.11. The molecule has 5 aliphatic rings. The van der Waals surface area contributed by atoms with Crippen LogP contribution in [0.3, 0.4) is 0 Å². The first-order valence-electron chi connectivity index (χ1n) is 8.08. The van der Waals surface area contributed by atoms with Crippen LogP contribution < -0.4 is 0 Å². The van der Waals surface area contributed by atoms with E-state index in [0.29, 0.717) is 25.4 Å². The Morgan fingerprint density at radius 1 is 1.00 bits per heavy atom. The van der Waals surface area contributed by atoms with Crippen molar-refractivity contribution in [3.05, 3.63) is 0 Å². The normalized spacial score (nSPS) is 45.9. The summed E-state index contributed by atoms with van der Waals surface area (Å²) in [4.78, 5) is 25.9. The van der Waals surface area contributed by atoms with E-state index < -0.39 is 5.97 Å². The molecule has 1 atom stereocenters.